The van der Waals surface area contributed by atoms with Gasteiger partial charge in [0.25, 0.3) is 0 Å². The number of nitrogens with zero attached hydrogens (tertiary/aromatic N) is 3. The summed E-state index contributed by atoms with van der Waals surface area (Å²) in [5, 5.41) is 8.42. The van der Waals surface area contributed by atoms with E-state index in [0.717, 1.165) is 22.4 Å². The largest absolute Gasteiger partial charge is 0.346 e. The highest BCUT2D eigenvalue weighted by Crippen LogP contribution is 2.17. The molecule has 0 radical (unpaired) electrons. The summed E-state index contributed by atoms with van der Waals surface area (Å²) in [6, 6.07) is 8.17. The fourth-order valence-electron chi connectivity index (χ4n) is 1.86. The van der Waals surface area contributed by atoms with Crippen molar-refractivity contribution in [2.24, 2.45) is 0 Å². The lowest BCUT2D eigenvalue weighted by Crippen LogP contribution is -2.30. The van der Waals surface area contributed by atoms with Crippen molar-refractivity contribution in [3.8, 4) is 0 Å². The SMILES string of the molecule is CCn1cc(Br)c(CN(C)C(=S)Nc2ccc(C)cc2)n1. The Bertz CT molecular complexity index is 621. The molecule has 0 spiro atoms. The van der Waals surface area contributed by atoms with Gasteiger partial charge in [-0.2, -0.15) is 5.10 Å². The molecule has 0 amide bonds. The molecule has 0 atom stereocenters. The molecule has 0 unspecified atom stereocenters. The highest BCUT2D eigenvalue weighted by molar-refractivity contribution is 9.10. The average Bonchev–Trinajstić information content (AvgIpc) is 2.82. The highest BCUT2D eigenvalue weighted by Gasteiger charge is 2.11. The zero-order valence-corrected chi connectivity index (χ0v) is 14.8. The molecule has 4 nitrogen and oxygen atoms in total. The number of aryl methyl sites for hydroxylation is 2. The predicted molar refractivity (Wildman–Crippen MR) is 94.5 cm³/mol. The van der Waals surface area contributed by atoms with Crippen LogP contribution < -0.4 is 5.32 Å². The fraction of sp³-hybridized carbons (Fsp3) is 0.333. The molecule has 1 N–H and O–H groups in total. The smallest absolute Gasteiger partial charge is 0.173 e. The molecule has 112 valence electrons. The Morgan fingerprint density at radius 1 is 1.38 bits per heavy atom. The van der Waals surface area contributed by atoms with E-state index in [0.29, 0.717) is 11.7 Å². The number of rotatable bonds is 4. The molecule has 21 heavy (non-hydrogen) atoms. The first kappa shape index (κ1) is 16.0. The van der Waals surface area contributed by atoms with Crippen molar-refractivity contribution in [3.05, 3.63) is 46.2 Å². The molecule has 1 aromatic heterocycles. The number of benzene rings is 1. The third-order valence-electron chi connectivity index (χ3n) is 3.15. The molecular formula is C15H19BrN4S. The third kappa shape index (κ3) is 4.28. The first-order chi connectivity index (χ1) is 9.99. The van der Waals surface area contributed by atoms with Crippen LogP contribution in [0.25, 0.3) is 0 Å². The van der Waals surface area contributed by atoms with E-state index in [9.17, 15) is 0 Å². The highest BCUT2D eigenvalue weighted by atomic mass is 79.9. The molecule has 0 aliphatic rings. The summed E-state index contributed by atoms with van der Waals surface area (Å²) in [7, 11) is 1.96. The first-order valence-electron chi connectivity index (χ1n) is 6.80. The van der Waals surface area contributed by atoms with E-state index in [1.54, 1.807) is 0 Å². The minimum absolute atomic E-state index is 0.658. The molecule has 0 saturated carbocycles. The zero-order valence-electron chi connectivity index (χ0n) is 12.4. The Morgan fingerprint density at radius 3 is 2.62 bits per heavy atom. The maximum Gasteiger partial charge on any atom is 0.173 e. The van der Waals surface area contributed by atoms with Gasteiger partial charge in [0.2, 0.25) is 0 Å². The summed E-state index contributed by atoms with van der Waals surface area (Å²) in [6.07, 6.45) is 1.99. The lowest BCUT2D eigenvalue weighted by atomic mass is 10.2. The molecule has 0 saturated heterocycles. The Kier molecular flexibility index (Phi) is 5.36. The van der Waals surface area contributed by atoms with Crippen LogP contribution in [0.15, 0.2) is 34.9 Å². The van der Waals surface area contributed by atoms with Crippen LogP contribution in [0.1, 0.15) is 18.2 Å². The Morgan fingerprint density at radius 2 is 2.05 bits per heavy atom. The topological polar surface area (TPSA) is 33.1 Å². The number of anilines is 1. The number of nitrogens with one attached hydrogen (secondary N) is 1. The summed E-state index contributed by atoms with van der Waals surface area (Å²) < 4.78 is 2.92. The van der Waals surface area contributed by atoms with E-state index in [-0.39, 0.29) is 0 Å². The van der Waals surface area contributed by atoms with Crippen molar-refractivity contribution in [2.75, 3.05) is 12.4 Å². The first-order valence-corrected chi connectivity index (χ1v) is 8.00. The maximum atomic E-state index is 5.43. The number of thiocarbonyl (C=S) groups is 1. The van der Waals surface area contributed by atoms with Gasteiger partial charge in [-0.05, 0) is 54.1 Å². The van der Waals surface area contributed by atoms with E-state index in [4.69, 9.17) is 12.2 Å². The van der Waals surface area contributed by atoms with Crippen LogP contribution in [-0.4, -0.2) is 26.8 Å². The van der Waals surface area contributed by atoms with Gasteiger partial charge < -0.3 is 10.2 Å². The lowest BCUT2D eigenvalue weighted by molar-refractivity contribution is 0.491. The van der Waals surface area contributed by atoms with E-state index in [1.807, 2.05) is 35.0 Å². The molecule has 6 heteroatoms. The Hall–Kier alpha value is -1.40. The number of hydrogen-bond acceptors (Lipinski definition) is 2. The predicted octanol–water partition coefficient (Wildman–Crippen LogP) is 3.80. The van der Waals surface area contributed by atoms with E-state index >= 15 is 0 Å². The minimum Gasteiger partial charge on any atom is -0.346 e. The number of hydrogen-bond donors (Lipinski definition) is 1. The van der Waals surface area contributed by atoms with Gasteiger partial charge in [-0.1, -0.05) is 17.7 Å². The fourth-order valence-corrected chi connectivity index (χ4v) is 2.48. The van der Waals surface area contributed by atoms with Crippen molar-refractivity contribution in [2.45, 2.75) is 26.9 Å². The molecule has 0 fully saturated rings. The molecule has 0 aliphatic heterocycles. The number of halogens is 1. The van der Waals surface area contributed by atoms with Crippen molar-refractivity contribution in [1.29, 1.82) is 0 Å². The monoisotopic (exact) mass is 366 g/mol. The van der Waals surface area contributed by atoms with Crippen molar-refractivity contribution in [1.82, 2.24) is 14.7 Å². The summed E-state index contributed by atoms with van der Waals surface area (Å²) in [4.78, 5) is 1.97. The molecule has 1 heterocycles. The standard InChI is InChI=1S/C15H19BrN4S/c1-4-20-9-13(16)14(18-20)10-19(3)15(21)17-12-7-5-11(2)6-8-12/h5-9H,4,10H2,1-3H3,(H,17,21). The molecule has 1 aromatic carbocycles. The maximum absolute atomic E-state index is 5.43. The second kappa shape index (κ2) is 7.04. The van der Waals surface area contributed by atoms with Crippen LogP contribution in [0.3, 0.4) is 0 Å². The summed E-state index contributed by atoms with van der Waals surface area (Å²) in [6.45, 7) is 5.64. The quantitative estimate of drug-likeness (QED) is 0.834. The van der Waals surface area contributed by atoms with Crippen LogP contribution in [0.4, 0.5) is 5.69 Å². The second-order valence-electron chi connectivity index (χ2n) is 4.93. The number of aromatic nitrogens is 2. The summed E-state index contributed by atoms with van der Waals surface area (Å²) >= 11 is 8.97. The van der Waals surface area contributed by atoms with Crippen molar-refractivity contribution < 1.29 is 0 Å². The second-order valence-corrected chi connectivity index (χ2v) is 6.17. The Labute approximate surface area is 139 Å². The van der Waals surface area contributed by atoms with Crippen LogP contribution >= 0.6 is 28.1 Å². The average molecular weight is 367 g/mol. The van der Waals surface area contributed by atoms with Gasteiger partial charge >= 0.3 is 0 Å². The molecular weight excluding hydrogens is 348 g/mol. The molecule has 0 aliphatic carbocycles. The summed E-state index contributed by atoms with van der Waals surface area (Å²) in [5.41, 5.74) is 3.21. The van der Waals surface area contributed by atoms with E-state index in [2.05, 4.69) is 52.3 Å². The van der Waals surface area contributed by atoms with Crippen LogP contribution in [0.2, 0.25) is 0 Å². The third-order valence-corrected chi connectivity index (χ3v) is 4.22. The minimum atomic E-state index is 0.658. The van der Waals surface area contributed by atoms with E-state index in [1.165, 1.54) is 5.56 Å². The van der Waals surface area contributed by atoms with Crippen LogP contribution in [0, 0.1) is 6.92 Å². The molecule has 0 bridgehead atoms. The summed E-state index contributed by atoms with van der Waals surface area (Å²) in [5.74, 6) is 0. The molecule has 2 rings (SSSR count). The van der Waals surface area contributed by atoms with Gasteiger partial charge in [0, 0.05) is 25.5 Å². The zero-order chi connectivity index (χ0) is 15.4. The van der Waals surface area contributed by atoms with Gasteiger partial charge in [0.05, 0.1) is 16.7 Å². The van der Waals surface area contributed by atoms with Crippen LogP contribution in [0.5, 0.6) is 0 Å². The van der Waals surface area contributed by atoms with Crippen LogP contribution in [-0.2, 0) is 13.1 Å². The van der Waals surface area contributed by atoms with Crippen molar-refractivity contribution in [3.63, 3.8) is 0 Å². The van der Waals surface area contributed by atoms with Crippen molar-refractivity contribution >= 4 is 38.9 Å². The van der Waals surface area contributed by atoms with Gasteiger partial charge in [-0.15, -0.1) is 0 Å². The molecule has 2 aromatic rings. The normalized spacial score (nSPS) is 10.5. The van der Waals surface area contributed by atoms with Gasteiger partial charge in [0.1, 0.15) is 0 Å². The van der Waals surface area contributed by atoms with Gasteiger partial charge in [-0.3, -0.25) is 4.68 Å². The van der Waals surface area contributed by atoms with Gasteiger partial charge in [0.15, 0.2) is 5.11 Å². The van der Waals surface area contributed by atoms with Gasteiger partial charge in [-0.25, -0.2) is 0 Å². The lowest BCUT2D eigenvalue weighted by Gasteiger charge is -2.20. The Balaban J connectivity index is 1.98. The van der Waals surface area contributed by atoms with E-state index < -0.39 is 0 Å².